The molecular weight excluding hydrogens is 464 g/mol. The first-order chi connectivity index (χ1) is 18.2. The molecule has 2 unspecified atom stereocenters. The molecule has 37 heavy (non-hydrogen) atoms. The molecule has 0 saturated carbocycles. The van der Waals surface area contributed by atoms with Crippen LogP contribution in [0.15, 0.2) is 133 Å². The van der Waals surface area contributed by atoms with Crippen molar-refractivity contribution in [2.75, 3.05) is 0 Å². The van der Waals surface area contributed by atoms with Gasteiger partial charge in [-0.3, -0.25) is 0 Å². The van der Waals surface area contributed by atoms with Crippen molar-refractivity contribution < 1.29 is 0 Å². The molecule has 180 valence electrons. The monoisotopic (exact) mass is 494 g/mol. The highest BCUT2D eigenvalue weighted by atomic mass is 32.2. The van der Waals surface area contributed by atoms with E-state index >= 15 is 0 Å². The maximum absolute atomic E-state index is 2.31. The van der Waals surface area contributed by atoms with Gasteiger partial charge >= 0.3 is 0 Å². The van der Waals surface area contributed by atoms with E-state index in [1.54, 1.807) is 0 Å². The number of hydrogen-bond acceptors (Lipinski definition) is 1. The second kappa shape index (κ2) is 10.3. The van der Waals surface area contributed by atoms with Crippen LogP contribution >= 0.6 is 11.8 Å². The first-order valence-corrected chi connectivity index (χ1v) is 13.9. The number of hydrogen-bond donors (Lipinski definition) is 0. The van der Waals surface area contributed by atoms with Crippen LogP contribution in [-0.2, 0) is 0 Å². The maximum atomic E-state index is 2.31. The van der Waals surface area contributed by atoms with Gasteiger partial charge < -0.3 is 0 Å². The molecule has 0 fully saturated rings. The minimum atomic E-state index is 0.178. The third-order valence-electron chi connectivity index (χ3n) is 7.24. The Hall–Kier alpha value is -3.81. The fraction of sp³-hybridized carbons (Fsp3) is 0.111. The van der Waals surface area contributed by atoms with E-state index < -0.39 is 0 Å². The fourth-order valence-electron chi connectivity index (χ4n) is 5.24. The highest BCUT2D eigenvalue weighted by Crippen LogP contribution is 2.50. The van der Waals surface area contributed by atoms with Crippen molar-refractivity contribution >= 4 is 33.3 Å². The number of thioether (sulfide) groups is 1. The molecule has 0 spiro atoms. The summed E-state index contributed by atoms with van der Waals surface area (Å²) in [6.07, 6.45) is 0. The van der Waals surface area contributed by atoms with E-state index in [1.165, 1.54) is 54.9 Å². The van der Waals surface area contributed by atoms with E-state index in [2.05, 4.69) is 147 Å². The van der Waals surface area contributed by atoms with E-state index in [1.807, 2.05) is 11.8 Å². The Balaban J connectivity index is 1.56. The van der Waals surface area contributed by atoms with Crippen molar-refractivity contribution in [2.45, 2.75) is 24.3 Å². The SMILES string of the molecule is Cc1ccc(C(SC(c2ccc(C)cc2)c2cccc3ccccc23)c2cccc3ccccc23)cc1. The highest BCUT2D eigenvalue weighted by Gasteiger charge is 2.26. The molecule has 0 aliphatic rings. The maximum Gasteiger partial charge on any atom is 0.0562 e. The predicted molar refractivity (Wildman–Crippen MR) is 162 cm³/mol. The van der Waals surface area contributed by atoms with Crippen LogP contribution in [0.3, 0.4) is 0 Å². The van der Waals surface area contributed by atoms with Crippen LogP contribution in [0.25, 0.3) is 21.5 Å². The van der Waals surface area contributed by atoms with Gasteiger partial charge in [-0.25, -0.2) is 0 Å². The van der Waals surface area contributed by atoms with Gasteiger partial charge in [0.15, 0.2) is 0 Å². The van der Waals surface area contributed by atoms with Crippen molar-refractivity contribution in [3.8, 4) is 0 Å². The topological polar surface area (TPSA) is 0 Å². The van der Waals surface area contributed by atoms with Gasteiger partial charge in [-0.05, 0) is 57.6 Å². The lowest BCUT2D eigenvalue weighted by atomic mass is 9.97. The van der Waals surface area contributed by atoms with Gasteiger partial charge in [-0.1, -0.05) is 145 Å². The number of rotatable bonds is 6. The first kappa shape index (κ1) is 23.6. The number of aryl methyl sites for hydroxylation is 2. The molecular formula is C36H30S. The third-order valence-corrected chi connectivity index (χ3v) is 8.84. The Morgan fingerprint density at radius 3 is 1.22 bits per heavy atom. The molecule has 6 aromatic rings. The van der Waals surface area contributed by atoms with Crippen LogP contribution in [-0.4, -0.2) is 0 Å². The second-order valence-electron chi connectivity index (χ2n) is 9.85. The van der Waals surface area contributed by atoms with Gasteiger partial charge in [0, 0.05) is 0 Å². The summed E-state index contributed by atoms with van der Waals surface area (Å²) < 4.78 is 0. The van der Waals surface area contributed by atoms with Crippen LogP contribution in [0.5, 0.6) is 0 Å². The highest BCUT2D eigenvalue weighted by molar-refractivity contribution is 8.00. The summed E-state index contributed by atoms with van der Waals surface area (Å²) in [6, 6.07) is 49.2. The quantitative estimate of drug-likeness (QED) is 0.222. The van der Waals surface area contributed by atoms with Crippen LogP contribution in [0.1, 0.15) is 43.9 Å². The zero-order valence-electron chi connectivity index (χ0n) is 21.3. The van der Waals surface area contributed by atoms with E-state index in [-0.39, 0.29) is 10.5 Å². The number of benzene rings is 6. The van der Waals surface area contributed by atoms with Crippen molar-refractivity contribution in [1.29, 1.82) is 0 Å². The summed E-state index contributed by atoms with van der Waals surface area (Å²) in [5, 5.41) is 5.57. The summed E-state index contributed by atoms with van der Waals surface area (Å²) in [5.41, 5.74) is 7.98. The van der Waals surface area contributed by atoms with Gasteiger partial charge in [0.05, 0.1) is 10.5 Å². The smallest absolute Gasteiger partial charge is 0.0562 e. The molecule has 0 saturated heterocycles. The lowest BCUT2D eigenvalue weighted by Gasteiger charge is -2.27. The molecule has 2 atom stereocenters. The van der Waals surface area contributed by atoms with Crippen LogP contribution in [0.4, 0.5) is 0 Å². The fourth-order valence-corrected chi connectivity index (χ4v) is 6.84. The van der Waals surface area contributed by atoms with Crippen molar-refractivity contribution in [2.24, 2.45) is 0 Å². The minimum absolute atomic E-state index is 0.178. The van der Waals surface area contributed by atoms with Crippen LogP contribution in [0.2, 0.25) is 0 Å². The Kier molecular flexibility index (Phi) is 6.55. The zero-order chi connectivity index (χ0) is 25.2. The van der Waals surface area contributed by atoms with E-state index in [4.69, 9.17) is 0 Å². The molecule has 0 heterocycles. The molecule has 0 radical (unpaired) electrons. The molecule has 0 nitrogen and oxygen atoms in total. The molecule has 0 aromatic heterocycles. The predicted octanol–water partition coefficient (Wildman–Crippen LogP) is 10.2. The Bertz CT molecular complexity index is 1520. The minimum Gasteiger partial charge on any atom is -0.136 e. The van der Waals surface area contributed by atoms with Gasteiger partial charge in [-0.2, -0.15) is 0 Å². The Morgan fingerprint density at radius 1 is 0.405 bits per heavy atom. The Labute approximate surface area is 224 Å². The average molecular weight is 495 g/mol. The van der Waals surface area contributed by atoms with E-state index in [9.17, 15) is 0 Å². The summed E-state index contributed by atoms with van der Waals surface area (Å²) in [6.45, 7) is 4.32. The average Bonchev–Trinajstić information content (AvgIpc) is 2.95. The van der Waals surface area contributed by atoms with Gasteiger partial charge in [0.2, 0.25) is 0 Å². The van der Waals surface area contributed by atoms with Crippen LogP contribution in [0, 0.1) is 13.8 Å². The zero-order valence-corrected chi connectivity index (χ0v) is 22.1. The summed E-state index contributed by atoms with van der Waals surface area (Å²) >= 11 is 2.04. The second-order valence-corrected chi connectivity index (χ2v) is 11.1. The van der Waals surface area contributed by atoms with E-state index in [0.29, 0.717) is 0 Å². The first-order valence-electron chi connectivity index (χ1n) is 12.9. The normalized spacial score (nSPS) is 13.0. The molecule has 0 bridgehead atoms. The van der Waals surface area contributed by atoms with Gasteiger partial charge in [0.1, 0.15) is 0 Å². The standard InChI is InChI=1S/C36H30S/c1-25-17-21-29(22-18-25)35(33-15-7-11-27-9-3-5-13-31(27)33)37-36(30-23-19-26(2)20-24-30)34-16-8-12-28-10-4-6-14-32(28)34/h3-24,35-36H,1-2H3. The summed E-state index contributed by atoms with van der Waals surface area (Å²) in [7, 11) is 0. The molecule has 0 aliphatic heterocycles. The van der Waals surface area contributed by atoms with E-state index in [0.717, 1.165) is 0 Å². The lowest BCUT2D eigenvalue weighted by Crippen LogP contribution is -2.05. The molecule has 0 amide bonds. The van der Waals surface area contributed by atoms with Gasteiger partial charge in [0.25, 0.3) is 0 Å². The van der Waals surface area contributed by atoms with Crippen molar-refractivity contribution in [1.82, 2.24) is 0 Å². The van der Waals surface area contributed by atoms with Crippen molar-refractivity contribution in [3.63, 3.8) is 0 Å². The summed E-state index contributed by atoms with van der Waals surface area (Å²) in [5.74, 6) is 0. The largest absolute Gasteiger partial charge is 0.136 e. The summed E-state index contributed by atoms with van der Waals surface area (Å²) in [4.78, 5) is 0. The molecule has 6 aromatic carbocycles. The molecule has 0 N–H and O–H groups in total. The molecule has 6 rings (SSSR count). The van der Waals surface area contributed by atoms with Crippen molar-refractivity contribution in [3.05, 3.63) is 167 Å². The van der Waals surface area contributed by atoms with Crippen LogP contribution < -0.4 is 0 Å². The van der Waals surface area contributed by atoms with Gasteiger partial charge in [-0.15, -0.1) is 11.8 Å². The lowest BCUT2D eigenvalue weighted by molar-refractivity contribution is 1.11. The molecule has 1 heteroatoms. The number of fused-ring (bicyclic) bond motifs is 2. The third kappa shape index (κ3) is 4.80. The Morgan fingerprint density at radius 2 is 0.784 bits per heavy atom. The molecule has 0 aliphatic carbocycles.